The van der Waals surface area contributed by atoms with Crippen molar-refractivity contribution >= 4 is 29.7 Å². The molecule has 15 heavy (non-hydrogen) atoms. The fraction of sp³-hybridized carbons (Fsp3) is 0.273. The molecule has 0 unspecified atom stereocenters. The maximum absolute atomic E-state index is 11.0. The first-order valence-electron chi connectivity index (χ1n) is 4.62. The fourth-order valence-electron chi connectivity index (χ4n) is 1.07. The number of hydrogen-bond donors (Lipinski definition) is 0. The molecule has 0 amide bonds. The summed E-state index contributed by atoms with van der Waals surface area (Å²) in [5, 5.41) is 1.84. The van der Waals surface area contributed by atoms with E-state index in [-0.39, 0.29) is 12.4 Å². The molecule has 0 aliphatic heterocycles. The van der Waals surface area contributed by atoms with Crippen LogP contribution in [-0.2, 0) is 9.53 Å². The van der Waals surface area contributed by atoms with Crippen molar-refractivity contribution in [3.8, 4) is 0 Å². The molecular formula is C11H12O3S. The Morgan fingerprint density at radius 3 is 3.07 bits per heavy atom. The highest BCUT2D eigenvalue weighted by molar-refractivity contribution is 7.11. The van der Waals surface area contributed by atoms with Gasteiger partial charge in [0.2, 0.25) is 0 Å². The molecule has 1 rings (SSSR count). The van der Waals surface area contributed by atoms with Crippen molar-refractivity contribution in [2.75, 3.05) is 6.61 Å². The minimum Gasteiger partial charge on any atom is -0.466 e. The SMILES string of the molecule is CCOC(=O)CC=Cc1ccsc1C=O. The summed E-state index contributed by atoms with van der Waals surface area (Å²) in [4.78, 5) is 22.2. The van der Waals surface area contributed by atoms with Gasteiger partial charge in [0.15, 0.2) is 6.29 Å². The van der Waals surface area contributed by atoms with Gasteiger partial charge in [-0.3, -0.25) is 9.59 Å². The van der Waals surface area contributed by atoms with Gasteiger partial charge in [0.25, 0.3) is 0 Å². The van der Waals surface area contributed by atoms with Crippen LogP contribution in [0.2, 0.25) is 0 Å². The zero-order valence-electron chi connectivity index (χ0n) is 8.43. The molecule has 0 aromatic carbocycles. The smallest absolute Gasteiger partial charge is 0.309 e. The normalized spacial score (nSPS) is 10.5. The quantitative estimate of drug-likeness (QED) is 0.570. The summed E-state index contributed by atoms with van der Waals surface area (Å²) in [5.74, 6) is -0.253. The summed E-state index contributed by atoms with van der Waals surface area (Å²) in [7, 11) is 0. The van der Waals surface area contributed by atoms with Crippen LogP contribution in [0.4, 0.5) is 0 Å². The van der Waals surface area contributed by atoms with E-state index >= 15 is 0 Å². The van der Waals surface area contributed by atoms with Gasteiger partial charge in [-0.2, -0.15) is 0 Å². The second-order valence-corrected chi connectivity index (χ2v) is 3.72. The van der Waals surface area contributed by atoms with E-state index in [9.17, 15) is 9.59 Å². The summed E-state index contributed by atoms with van der Waals surface area (Å²) in [6.45, 7) is 2.16. The zero-order valence-corrected chi connectivity index (χ0v) is 9.25. The molecule has 0 saturated heterocycles. The van der Waals surface area contributed by atoms with Gasteiger partial charge in [-0.25, -0.2) is 0 Å². The van der Waals surface area contributed by atoms with E-state index in [0.717, 1.165) is 11.8 Å². The van der Waals surface area contributed by atoms with E-state index in [1.165, 1.54) is 11.3 Å². The van der Waals surface area contributed by atoms with Crippen molar-refractivity contribution in [1.29, 1.82) is 0 Å². The number of hydrogen-bond acceptors (Lipinski definition) is 4. The summed E-state index contributed by atoms with van der Waals surface area (Å²) in [5.41, 5.74) is 0.847. The number of ether oxygens (including phenoxy) is 1. The molecule has 1 aromatic rings. The largest absolute Gasteiger partial charge is 0.466 e. The molecule has 4 heteroatoms. The van der Waals surface area contributed by atoms with Crippen LogP contribution >= 0.6 is 11.3 Å². The van der Waals surface area contributed by atoms with Crippen LogP contribution in [0.3, 0.4) is 0 Å². The first kappa shape index (κ1) is 11.7. The second kappa shape index (κ2) is 6.14. The predicted octanol–water partition coefficient (Wildman–Crippen LogP) is 2.53. The summed E-state index contributed by atoms with van der Waals surface area (Å²) in [6, 6.07) is 1.84. The maximum atomic E-state index is 11.0. The van der Waals surface area contributed by atoms with E-state index in [2.05, 4.69) is 0 Å². The molecule has 1 aromatic heterocycles. The fourth-order valence-corrected chi connectivity index (χ4v) is 1.76. The average molecular weight is 224 g/mol. The van der Waals surface area contributed by atoms with Crippen LogP contribution in [0.15, 0.2) is 17.5 Å². The van der Waals surface area contributed by atoms with Gasteiger partial charge >= 0.3 is 5.97 Å². The third kappa shape index (κ3) is 3.67. The van der Waals surface area contributed by atoms with Gasteiger partial charge in [-0.1, -0.05) is 12.2 Å². The first-order chi connectivity index (χ1) is 7.27. The lowest BCUT2D eigenvalue weighted by atomic mass is 10.2. The van der Waals surface area contributed by atoms with Crippen molar-refractivity contribution in [3.05, 3.63) is 28.0 Å². The summed E-state index contributed by atoms with van der Waals surface area (Å²) >= 11 is 1.38. The Kier molecular flexibility index (Phi) is 4.77. The molecule has 0 N–H and O–H groups in total. The number of carbonyl (C=O) groups excluding carboxylic acids is 2. The molecule has 0 aliphatic rings. The van der Waals surface area contributed by atoms with Crippen molar-refractivity contribution in [2.24, 2.45) is 0 Å². The van der Waals surface area contributed by atoms with Gasteiger partial charge < -0.3 is 4.74 Å². The second-order valence-electron chi connectivity index (χ2n) is 2.77. The molecule has 0 bridgehead atoms. The molecule has 0 aliphatic carbocycles. The van der Waals surface area contributed by atoms with Crippen LogP contribution in [0.25, 0.3) is 6.08 Å². The minimum absolute atomic E-state index is 0.238. The van der Waals surface area contributed by atoms with Crippen LogP contribution in [0, 0.1) is 0 Å². The van der Waals surface area contributed by atoms with Gasteiger partial charge in [0, 0.05) is 0 Å². The van der Waals surface area contributed by atoms with E-state index in [1.54, 1.807) is 19.1 Å². The van der Waals surface area contributed by atoms with E-state index in [1.807, 2.05) is 11.4 Å². The molecule has 1 heterocycles. The van der Waals surface area contributed by atoms with Crippen molar-refractivity contribution in [1.82, 2.24) is 0 Å². The van der Waals surface area contributed by atoms with E-state index < -0.39 is 0 Å². The number of rotatable bonds is 5. The maximum Gasteiger partial charge on any atom is 0.309 e. The summed E-state index contributed by atoms with van der Waals surface area (Å²) in [6.07, 6.45) is 4.51. The molecule has 0 saturated carbocycles. The van der Waals surface area contributed by atoms with Crippen LogP contribution in [0.1, 0.15) is 28.6 Å². The lowest BCUT2D eigenvalue weighted by Gasteiger charge is -1.96. The van der Waals surface area contributed by atoms with Crippen LogP contribution < -0.4 is 0 Å². The highest BCUT2D eigenvalue weighted by Crippen LogP contribution is 2.15. The van der Waals surface area contributed by atoms with Crippen molar-refractivity contribution in [3.63, 3.8) is 0 Å². The monoisotopic (exact) mass is 224 g/mol. The molecule has 0 fully saturated rings. The highest BCUT2D eigenvalue weighted by atomic mass is 32.1. The van der Waals surface area contributed by atoms with Gasteiger partial charge in [0.1, 0.15) is 0 Å². The van der Waals surface area contributed by atoms with Crippen LogP contribution in [0.5, 0.6) is 0 Å². The van der Waals surface area contributed by atoms with Crippen molar-refractivity contribution in [2.45, 2.75) is 13.3 Å². The molecular weight excluding hydrogens is 212 g/mol. The highest BCUT2D eigenvalue weighted by Gasteiger charge is 2.00. The Morgan fingerprint density at radius 1 is 1.60 bits per heavy atom. The standard InChI is InChI=1S/C11H12O3S/c1-2-14-11(13)5-3-4-9-6-7-15-10(9)8-12/h3-4,6-8H,2,5H2,1H3. The third-order valence-corrected chi connectivity index (χ3v) is 2.58. The molecule has 3 nitrogen and oxygen atoms in total. The Morgan fingerprint density at radius 2 is 2.40 bits per heavy atom. The first-order valence-corrected chi connectivity index (χ1v) is 5.50. The minimum atomic E-state index is -0.253. The topological polar surface area (TPSA) is 43.4 Å². The van der Waals surface area contributed by atoms with Crippen molar-refractivity contribution < 1.29 is 14.3 Å². The lowest BCUT2D eigenvalue weighted by molar-refractivity contribution is -0.142. The van der Waals surface area contributed by atoms with Gasteiger partial charge in [-0.15, -0.1) is 11.3 Å². The Labute approximate surface area is 92.4 Å². The number of carbonyl (C=O) groups is 2. The Bertz CT molecular complexity index is 366. The van der Waals surface area contributed by atoms with E-state index in [0.29, 0.717) is 11.5 Å². The Hall–Kier alpha value is -1.42. The predicted molar refractivity (Wildman–Crippen MR) is 60.0 cm³/mol. The number of thiophene rings is 1. The third-order valence-electron chi connectivity index (χ3n) is 1.72. The van der Waals surface area contributed by atoms with E-state index in [4.69, 9.17) is 4.74 Å². The Balaban J connectivity index is 2.51. The molecule has 0 radical (unpaired) electrons. The zero-order chi connectivity index (χ0) is 11.1. The summed E-state index contributed by atoms with van der Waals surface area (Å²) < 4.78 is 4.76. The lowest BCUT2D eigenvalue weighted by Crippen LogP contribution is -2.01. The molecule has 0 atom stereocenters. The number of esters is 1. The number of aldehydes is 1. The molecule has 0 spiro atoms. The van der Waals surface area contributed by atoms with Gasteiger partial charge in [0.05, 0.1) is 17.9 Å². The van der Waals surface area contributed by atoms with Gasteiger partial charge in [-0.05, 0) is 23.9 Å². The average Bonchev–Trinajstić information content (AvgIpc) is 2.66. The van der Waals surface area contributed by atoms with Crippen LogP contribution in [-0.4, -0.2) is 18.9 Å². The molecule has 80 valence electrons.